The van der Waals surface area contributed by atoms with Gasteiger partial charge in [-0.1, -0.05) is 13.0 Å². The van der Waals surface area contributed by atoms with Crippen molar-refractivity contribution in [1.82, 2.24) is 0 Å². The van der Waals surface area contributed by atoms with E-state index in [1.54, 1.807) is 24.3 Å². The molecule has 0 saturated carbocycles. The highest BCUT2D eigenvalue weighted by molar-refractivity contribution is 7.14. The summed E-state index contributed by atoms with van der Waals surface area (Å²) in [7, 11) is 0. The van der Waals surface area contributed by atoms with Crippen LogP contribution < -0.4 is 4.74 Å². The maximum absolute atomic E-state index is 12.7. The summed E-state index contributed by atoms with van der Waals surface area (Å²) < 4.78 is 49.1. The first-order chi connectivity index (χ1) is 13.3. The highest BCUT2D eigenvalue weighted by atomic mass is 32.1. The molecule has 0 aliphatic rings. The van der Waals surface area contributed by atoms with Crippen molar-refractivity contribution < 1.29 is 27.1 Å². The molecule has 2 heterocycles. The van der Waals surface area contributed by atoms with Gasteiger partial charge in [-0.3, -0.25) is 4.79 Å². The van der Waals surface area contributed by atoms with Crippen LogP contribution in [0.1, 0.15) is 38.6 Å². The van der Waals surface area contributed by atoms with E-state index in [9.17, 15) is 18.0 Å². The van der Waals surface area contributed by atoms with Gasteiger partial charge in [0, 0.05) is 4.88 Å². The predicted molar refractivity (Wildman–Crippen MR) is 102 cm³/mol. The Hall–Kier alpha value is -2.80. The fraction of sp³-hybridized carbons (Fsp3) is 0.190. The van der Waals surface area contributed by atoms with Crippen LogP contribution >= 0.6 is 11.3 Å². The van der Waals surface area contributed by atoms with Gasteiger partial charge in [0.2, 0.25) is 0 Å². The van der Waals surface area contributed by atoms with E-state index in [4.69, 9.17) is 9.15 Å². The summed E-state index contributed by atoms with van der Waals surface area (Å²) in [5.74, 6) is 0.892. The lowest BCUT2D eigenvalue weighted by atomic mass is 10.2. The molecule has 0 aliphatic heterocycles. The summed E-state index contributed by atoms with van der Waals surface area (Å²) in [4.78, 5) is 13.9. The van der Waals surface area contributed by atoms with Crippen molar-refractivity contribution in [2.45, 2.75) is 26.1 Å². The standard InChI is InChI=1S/C21H17F3O3S/c1-2-18-9-11-20(28-18)19(25)10-8-15-6-7-17(27-15)13-26-16-5-3-4-14(12-16)21(22,23)24/h3-12H,2,13H2,1H3/b10-8+. The first kappa shape index (κ1) is 19.9. The van der Waals surface area contributed by atoms with Gasteiger partial charge >= 0.3 is 6.18 Å². The van der Waals surface area contributed by atoms with Gasteiger partial charge in [0.1, 0.15) is 23.9 Å². The minimum Gasteiger partial charge on any atom is -0.486 e. The Balaban J connectivity index is 1.59. The van der Waals surface area contributed by atoms with E-state index in [2.05, 4.69) is 0 Å². The molecule has 2 aromatic heterocycles. The van der Waals surface area contributed by atoms with Crippen molar-refractivity contribution in [1.29, 1.82) is 0 Å². The zero-order valence-electron chi connectivity index (χ0n) is 15.0. The monoisotopic (exact) mass is 406 g/mol. The zero-order chi connectivity index (χ0) is 20.1. The second-order valence-electron chi connectivity index (χ2n) is 5.94. The summed E-state index contributed by atoms with van der Waals surface area (Å²) >= 11 is 1.46. The number of hydrogen-bond acceptors (Lipinski definition) is 4. The van der Waals surface area contributed by atoms with Crippen LogP contribution in [0.25, 0.3) is 6.08 Å². The van der Waals surface area contributed by atoms with Gasteiger partial charge in [0.05, 0.1) is 10.4 Å². The molecule has 0 radical (unpaired) electrons. The smallest absolute Gasteiger partial charge is 0.416 e. The van der Waals surface area contributed by atoms with E-state index in [1.165, 1.54) is 29.5 Å². The number of rotatable bonds is 7. The number of furan rings is 1. The molecule has 0 atom stereocenters. The number of carbonyl (C=O) groups is 1. The van der Waals surface area contributed by atoms with Crippen LogP contribution in [-0.4, -0.2) is 5.78 Å². The topological polar surface area (TPSA) is 39.4 Å². The first-order valence-electron chi connectivity index (χ1n) is 8.55. The molecule has 0 fully saturated rings. The lowest BCUT2D eigenvalue weighted by Crippen LogP contribution is -2.05. The van der Waals surface area contributed by atoms with Gasteiger partial charge in [0.25, 0.3) is 0 Å². The minimum absolute atomic E-state index is 0.0200. The molecule has 0 aliphatic carbocycles. The molecule has 0 bridgehead atoms. The van der Waals surface area contributed by atoms with Crippen LogP contribution in [0.4, 0.5) is 13.2 Å². The Morgan fingerprint density at radius 3 is 2.71 bits per heavy atom. The normalized spacial score (nSPS) is 11.9. The average Bonchev–Trinajstić information content (AvgIpc) is 3.33. The number of alkyl halides is 3. The molecule has 0 unspecified atom stereocenters. The second kappa shape index (κ2) is 8.48. The van der Waals surface area contributed by atoms with Gasteiger partial charge in [-0.05, 0) is 61.0 Å². The van der Waals surface area contributed by atoms with Crippen molar-refractivity contribution >= 4 is 23.2 Å². The lowest BCUT2D eigenvalue weighted by molar-refractivity contribution is -0.137. The van der Waals surface area contributed by atoms with Crippen LogP contribution in [0.5, 0.6) is 5.75 Å². The summed E-state index contributed by atoms with van der Waals surface area (Å²) in [5.41, 5.74) is -0.772. The van der Waals surface area contributed by atoms with Crippen molar-refractivity contribution in [2.75, 3.05) is 0 Å². The second-order valence-corrected chi connectivity index (χ2v) is 7.10. The summed E-state index contributed by atoms with van der Waals surface area (Å²) in [5, 5.41) is 0. The number of ketones is 1. The van der Waals surface area contributed by atoms with Gasteiger partial charge in [0.15, 0.2) is 5.78 Å². The van der Waals surface area contributed by atoms with E-state index >= 15 is 0 Å². The molecule has 0 amide bonds. The molecule has 3 nitrogen and oxygen atoms in total. The van der Waals surface area contributed by atoms with Crippen LogP contribution in [0.2, 0.25) is 0 Å². The third kappa shape index (κ3) is 5.13. The quantitative estimate of drug-likeness (QED) is 0.337. The Morgan fingerprint density at radius 2 is 2.00 bits per heavy atom. The molecular formula is C21H17F3O3S. The third-order valence-electron chi connectivity index (χ3n) is 3.88. The van der Waals surface area contributed by atoms with E-state index < -0.39 is 11.7 Å². The van der Waals surface area contributed by atoms with Crippen molar-refractivity contribution in [3.8, 4) is 5.75 Å². The Labute approximate surface area is 164 Å². The van der Waals surface area contributed by atoms with Crippen molar-refractivity contribution in [3.63, 3.8) is 0 Å². The maximum Gasteiger partial charge on any atom is 0.416 e. The number of ether oxygens (including phenoxy) is 1. The van der Waals surface area contributed by atoms with Crippen LogP contribution in [-0.2, 0) is 19.2 Å². The third-order valence-corrected chi connectivity index (χ3v) is 5.12. The number of allylic oxidation sites excluding steroid dienone is 1. The number of carbonyl (C=O) groups excluding carboxylic acids is 1. The van der Waals surface area contributed by atoms with Crippen LogP contribution in [0, 0.1) is 0 Å². The number of thiophene rings is 1. The molecule has 3 aromatic rings. The molecule has 7 heteroatoms. The number of halogens is 3. The molecule has 28 heavy (non-hydrogen) atoms. The summed E-state index contributed by atoms with van der Waals surface area (Å²) in [6.07, 6.45) is -0.549. The molecule has 0 spiro atoms. The highest BCUT2D eigenvalue weighted by Crippen LogP contribution is 2.31. The van der Waals surface area contributed by atoms with E-state index in [-0.39, 0.29) is 18.1 Å². The number of hydrogen-bond donors (Lipinski definition) is 0. The number of aryl methyl sites for hydroxylation is 1. The van der Waals surface area contributed by atoms with Gasteiger partial charge in [-0.15, -0.1) is 11.3 Å². The average molecular weight is 406 g/mol. The van der Waals surface area contributed by atoms with E-state index in [1.807, 2.05) is 13.0 Å². The molecule has 0 saturated heterocycles. The number of benzene rings is 1. The van der Waals surface area contributed by atoms with Crippen LogP contribution in [0.15, 0.2) is 59.0 Å². The Kier molecular flexibility index (Phi) is 6.04. The maximum atomic E-state index is 12.7. The van der Waals surface area contributed by atoms with Crippen molar-refractivity contribution in [3.05, 3.63) is 81.4 Å². The Morgan fingerprint density at radius 1 is 1.18 bits per heavy atom. The largest absolute Gasteiger partial charge is 0.486 e. The summed E-state index contributed by atoms with van der Waals surface area (Å²) in [6.45, 7) is 2.01. The fourth-order valence-corrected chi connectivity index (χ4v) is 3.29. The fourth-order valence-electron chi connectivity index (χ4n) is 2.42. The minimum atomic E-state index is -4.42. The Bertz CT molecular complexity index is 983. The predicted octanol–water partition coefficient (Wildman–Crippen LogP) is 6.40. The highest BCUT2D eigenvalue weighted by Gasteiger charge is 2.30. The van der Waals surface area contributed by atoms with Crippen LogP contribution in [0.3, 0.4) is 0 Å². The van der Waals surface area contributed by atoms with E-state index in [0.29, 0.717) is 16.4 Å². The molecule has 0 N–H and O–H groups in total. The molecule has 1 aromatic carbocycles. The van der Waals surface area contributed by atoms with Gasteiger partial charge in [-0.25, -0.2) is 0 Å². The SMILES string of the molecule is CCc1ccc(C(=O)/C=C/c2ccc(COc3cccc(C(F)(F)F)c3)o2)s1. The van der Waals surface area contributed by atoms with Gasteiger partial charge in [-0.2, -0.15) is 13.2 Å². The van der Waals surface area contributed by atoms with E-state index in [0.717, 1.165) is 23.4 Å². The van der Waals surface area contributed by atoms with Crippen molar-refractivity contribution in [2.24, 2.45) is 0 Å². The zero-order valence-corrected chi connectivity index (χ0v) is 15.8. The summed E-state index contributed by atoms with van der Waals surface area (Å²) in [6, 6.07) is 11.7. The van der Waals surface area contributed by atoms with Gasteiger partial charge < -0.3 is 9.15 Å². The lowest BCUT2D eigenvalue weighted by Gasteiger charge is -2.09. The molecule has 3 rings (SSSR count). The first-order valence-corrected chi connectivity index (χ1v) is 9.36. The molecular weight excluding hydrogens is 389 g/mol. The molecule has 146 valence electrons.